The van der Waals surface area contributed by atoms with Gasteiger partial charge in [-0.1, -0.05) is 19.9 Å². The van der Waals surface area contributed by atoms with E-state index < -0.39 is 11.7 Å². The van der Waals surface area contributed by atoms with E-state index in [1.807, 2.05) is 6.92 Å². The molecule has 0 spiro atoms. The van der Waals surface area contributed by atoms with Crippen molar-refractivity contribution in [3.05, 3.63) is 35.1 Å². The molecule has 0 aliphatic heterocycles. The average molecular weight is 282 g/mol. The van der Waals surface area contributed by atoms with E-state index in [9.17, 15) is 9.18 Å². The lowest BCUT2D eigenvalue weighted by Gasteiger charge is -2.22. The number of nitrogens with two attached hydrogens (primary N) is 1. The number of nitrogens with one attached hydrogen (secondary N) is 1. The van der Waals surface area contributed by atoms with Crippen LogP contribution in [0.4, 0.5) is 4.39 Å². The predicted molar refractivity (Wildman–Crippen MR) is 76.9 cm³/mol. The number of rotatable bonds is 8. The van der Waals surface area contributed by atoms with Gasteiger partial charge >= 0.3 is 0 Å². The average Bonchev–Trinajstić information content (AvgIpc) is 2.39. The molecule has 0 saturated heterocycles. The Hall–Kier alpha value is -1.46. The second-order valence-electron chi connectivity index (χ2n) is 5.06. The summed E-state index contributed by atoms with van der Waals surface area (Å²) in [6.07, 6.45) is 0. The highest BCUT2D eigenvalue weighted by atomic mass is 19.1. The number of benzene rings is 1. The molecule has 1 aromatic carbocycles. The van der Waals surface area contributed by atoms with Crippen LogP contribution < -0.4 is 11.1 Å². The van der Waals surface area contributed by atoms with Crippen molar-refractivity contribution in [3.8, 4) is 0 Å². The minimum absolute atomic E-state index is 0.158. The SMILES string of the molecule is CCOCC(NCc1ccc(C(N)=O)cc1F)C(C)C. The van der Waals surface area contributed by atoms with E-state index in [2.05, 4.69) is 19.2 Å². The number of primary amides is 1. The summed E-state index contributed by atoms with van der Waals surface area (Å²) >= 11 is 0. The van der Waals surface area contributed by atoms with E-state index in [0.717, 1.165) is 0 Å². The summed E-state index contributed by atoms with van der Waals surface area (Å²) in [5.41, 5.74) is 5.80. The minimum Gasteiger partial charge on any atom is -0.380 e. The highest BCUT2D eigenvalue weighted by Gasteiger charge is 2.14. The van der Waals surface area contributed by atoms with Crippen LogP contribution in [0.2, 0.25) is 0 Å². The molecule has 1 unspecified atom stereocenters. The molecular weight excluding hydrogens is 259 g/mol. The number of carbonyl (C=O) groups is 1. The number of halogens is 1. The van der Waals surface area contributed by atoms with Gasteiger partial charge in [0.05, 0.1) is 6.61 Å². The van der Waals surface area contributed by atoms with Crippen LogP contribution in [-0.2, 0) is 11.3 Å². The largest absolute Gasteiger partial charge is 0.380 e. The first-order chi connectivity index (χ1) is 9.45. The standard InChI is InChI=1S/C15H23FN2O2/c1-4-20-9-14(10(2)3)18-8-12-6-5-11(15(17)19)7-13(12)16/h5-7,10,14,18H,4,8-9H2,1-3H3,(H2,17,19). The first-order valence-corrected chi connectivity index (χ1v) is 6.85. The summed E-state index contributed by atoms with van der Waals surface area (Å²) in [5, 5.41) is 3.28. The van der Waals surface area contributed by atoms with Gasteiger partial charge in [0.2, 0.25) is 5.91 Å². The maximum absolute atomic E-state index is 13.8. The van der Waals surface area contributed by atoms with E-state index in [0.29, 0.717) is 31.2 Å². The smallest absolute Gasteiger partial charge is 0.248 e. The molecule has 0 fully saturated rings. The van der Waals surface area contributed by atoms with Gasteiger partial charge in [0, 0.05) is 30.3 Å². The van der Waals surface area contributed by atoms with Crippen LogP contribution in [-0.4, -0.2) is 25.2 Å². The molecule has 0 heterocycles. The van der Waals surface area contributed by atoms with Crippen LogP contribution in [0, 0.1) is 11.7 Å². The quantitative estimate of drug-likeness (QED) is 0.767. The van der Waals surface area contributed by atoms with Crippen LogP contribution in [0.1, 0.15) is 36.7 Å². The number of hydrogen-bond donors (Lipinski definition) is 2. The lowest BCUT2D eigenvalue weighted by molar-refractivity contribution is 0.1000. The molecule has 1 rings (SSSR count). The molecule has 1 aromatic rings. The molecule has 112 valence electrons. The van der Waals surface area contributed by atoms with Crippen molar-refractivity contribution in [2.45, 2.75) is 33.4 Å². The monoisotopic (exact) mass is 282 g/mol. The van der Waals surface area contributed by atoms with Gasteiger partial charge in [-0.3, -0.25) is 4.79 Å². The van der Waals surface area contributed by atoms with Gasteiger partial charge in [0.15, 0.2) is 0 Å². The van der Waals surface area contributed by atoms with Gasteiger partial charge in [0.25, 0.3) is 0 Å². The van der Waals surface area contributed by atoms with Gasteiger partial charge in [0.1, 0.15) is 5.82 Å². The summed E-state index contributed by atoms with van der Waals surface area (Å²) < 4.78 is 19.2. The van der Waals surface area contributed by atoms with Crippen molar-refractivity contribution >= 4 is 5.91 Å². The van der Waals surface area contributed by atoms with Crippen LogP contribution in [0.3, 0.4) is 0 Å². The molecule has 1 atom stereocenters. The van der Waals surface area contributed by atoms with Crippen molar-refractivity contribution in [1.82, 2.24) is 5.32 Å². The fraction of sp³-hybridized carbons (Fsp3) is 0.533. The second-order valence-corrected chi connectivity index (χ2v) is 5.06. The van der Waals surface area contributed by atoms with Gasteiger partial charge in [-0.15, -0.1) is 0 Å². The Balaban J connectivity index is 2.65. The molecule has 0 aliphatic carbocycles. The van der Waals surface area contributed by atoms with Gasteiger partial charge in [-0.05, 0) is 25.0 Å². The maximum atomic E-state index is 13.8. The molecule has 0 bridgehead atoms. The topological polar surface area (TPSA) is 64.3 Å². The zero-order valence-corrected chi connectivity index (χ0v) is 12.3. The van der Waals surface area contributed by atoms with Crippen molar-refractivity contribution < 1.29 is 13.9 Å². The number of ether oxygens (including phenoxy) is 1. The maximum Gasteiger partial charge on any atom is 0.248 e. The molecule has 4 nitrogen and oxygen atoms in total. The second kappa shape index (κ2) is 7.97. The van der Waals surface area contributed by atoms with E-state index in [4.69, 9.17) is 10.5 Å². The number of amides is 1. The van der Waals surface area contributed by atoms with Gasteiger partial charge in [-0.25, -0.2) is 4.39 Å². The Kier molecular flexibility index (Phi) is 6.61. The molecule has 0 radical (unpaired) electrons. The first kappa shape index (κ1) is 16.6. The molecule has 0 aliphatic rings. The summed E-state index contributed by atoms with van der Waals surface area (Å²) in [6.45, 7) is 7.76. The third-order valence-corrected chi connectivity index (χ3v) is 3.20. The van der Waals surface area contributed by atoms with E-state index in [1.165, 1.54) is 12.1 Å². The first-order valence-electron chi connectivity index (χ1n) is 6.85. The summed E-state index contributed by atoms with van der Waals surface area (Å²) in [7, 11) is 0. The normalized spacial score (nSPS) is 12.7. The number of carbonyl (C=O) groups excluding carboxylic acids is 1. The fourth-order valence-electron chi connectivity index (χ4n) is 1.82. The molecule has 20 heavy (non-hydrogen) atoms. The predicted octanol–water partition coefficient (Wildman–Crippen LogP) is 2.08. The molecular formula is C15H23FN2O2. The number of hydrogen-bond acceptors (Lipinski definition) is 3. The zero-order valence-electron chi connectivity index (χ0n) is 12.3. The van der Waals surface area contributed by atoms with E-state index in [-0.39, 0.29) is 11.6 Å². The molecule has 0 aromatic heterocycles. The van der Waals surface area contributed by atoms with E-state index in [1.54, 1.807) is 6.07 Å². The van der Waals surface area contributed by atoms with Gasteiger partial charge in [-0.2, -0.15) is 0 Å². The Labute approximate surface area is 119 Å². The third kappa shape index (κ3) is 4.90. The Bertz CT molecular complexity index is 449. The van der Waals surface area contributed by atoms with Crippen molar-refractivity contribution in [2.24, 2.45) is 11.7 Å². The molecule has 1 amide bonds. The highest BCUT2D eigenvalue weighted by molar-refractivity contribution is 5.92. The summed E-state index contributed by atoms with van der Waals surface area (Å²) in [4.78, 5) is 11.0. The van der Waals surface area contributed by atoms with Gasteiger partial charge < -0.3 is 15.8 Å². The third-order valence-electron chi connectivity index (χ3n) is 3.20. The van der Waals surface area contributed by atoms with Crippen LogP contribution >= 0.6 is 0 Å². The lowest BCUT2D eigenvalue weighted by atomic mass is 10.0. The zero-order chi connectivity index (χ0) is 15.1. The highest BCUT2D eigenvalue weighted by Crippen LogP contribution is 2.11. The Morgan fingerprint density at radius 1 is 1.45 bits per heavy atom. The molecule has 0 saturated carbocycles. The van der Waals surface area contributed by atoms with Crippen molar-refractivity contribution in [1.29, 1.82) is 0 Å². The van der Waals surface area contributed by atoms with Crippen LogP contribution in [0.25, 0.3) is 0 Å². The Morgan fingerprint density at radius 3 is 2.65 bits per heavy atom. The summed E-state index contributed by atoms with van der Waals surface area (Å²) in [5.74, 6) is -0.665. The molecule has 3 N–H and O–H groups in total. The molecule has 5 heteroatoms. The Morgan fingerprint density at radius 2 is 2.15 bits per heavy atom. The van der Waals surface area contributed by atoms with Crippen LogP contribution in [0.15, 0.2) is 18.2 Å². The van der Waals surface area contributed by atoms with E-state index >= 15 is 0 Å². The van der Waals surface area contributed by atoms with Crippen LogP contribution in [0.5, 0.6) is 0 Å². The summed E-state index contributed by atoms with van der Waals surface area (Å²) in [6, 6.07) is 4.45. The minimum atomic E-state index is -0.625. The van der Waals surface area contributed by atoms with Crippen molar-refractivity contribution in [2.75, 3.05) is 13.2 Å². The van der Waals surface area contributed by atoms with Crippen molar-refractivity contribution in [3.63, 3.8) is 0 Å². The lowest BCUT2D eigenvalue weighted by Crippen LogP contribution is -2.37. The fourth-order valence-corrected chi connectivity index (χ4v) is 1.82.